The third kappa shape index (κ3) is 2.60. The molecule has 0 aromatic carbocycles. The molecule has 0 spiro atoms. The number of carbonyl (C=O) groups excluding carboxylic acids is 1. The molecule has 1 aromatic heterocycles. The monoisotopic (exact) mass is 281 g/mol. The Morgan fingerprint density at radius 3 is 2.94 bits per heavy atom. The molecule has 1 amide bonds. The number of halogens is 4. The first-order valence-electron chi connectivity index (χ1n) is 5.36. The van der Waals surface area contributed by atoms with Gasteiger partial charge in [-0.05, 0) is 6.42 Å². The van der Waals surface area contributed by atoms with E-state index in [1.54, 1.807) is 0 Å². The Bertz CT molecular complexity index is 446. The van der Waals surface area contributed by atoms with Crippen LogP contribution in [0.25, 0.3) is 0 Å². The normalized spacial score (nSPS) is 23.6. The Kier molecular flexibility index (Phi) is 3.52. The van der Waals surface area contributed by atoms with Crippen molar-refractivity contribution in [1.82, 2.24) is 15.5 Å². The van der Waals surface area contributed by atoms with Gasteiger partial charge in [0.05, 0.1) is 12.1 Å². The molecule has 2 rings (SSSR count). The van der Waals surface area contributed by atoms with Gasteiger partial charge in [-0.2, -0.15) is 18.3 Å². The van der Waals surface area contributed by atoms with E-state index >= 15 is 0 Å². The van der Waals surface area contributed by atoms with Crippen molar-refractivity contribution in [3.05, 3.63) is 17.5 Å². The van der Waals surface area contributed by atoms with E-state index in [1.807, 2.05) is 0 Å². The van der Waals surface area contributed by atoms with Gasteiger partial charge >= 0.3 is 6.18 Å². The number of rotatable bonds is 2. The van der Waals surface area contributed by atoms with Crippen LogP contribution in [-0.4, -0.2) is 34.2 Å². The number of H-pyrrole nitrogens is 1. The minimum atomic E-state index is -4.34. The van der Waals surface area contributed by atoms with Crippen LogP contribution in [-0.2, 0) is 11.2 Å². The summed E-state index contributed by atoms with van der Waals surface area (Å²) in [5.41, 5.74) is 0.585. The number of amides is 1. The highest BCUT2D eigenvalue weighted by atomic mass is 35.5. The third-order valence-corrected chi connectivity index (χ3v) is 3.22. The van der Waals surface area contributed by atoms with Gasteiger partial charge < -0.3 is 5.32 Å². The van der Waals surface area contributed by atoms with Gasteiger partial charge in [0.15, 0.2) is 0 Å². The maximum Gasteiger partial charge on any atom is 0.395 e. The molecule has 100 valence electrons. The van der Waals surface area contributed by atoms with Crippen molar-refractivity contribution in [1.29, 1.82) is 0 Å². The molecule has 2 atom stereocenters. The predicted molar refractivity (Wildman–Crippen MR) is 58.4 cm³/mol. The van der Waals surface area contributed by atoms with Crippen molar-refractivity contribution in [3.63, 3.8) is 0 Å². The molecule has 2 unspecified atom stereocenters. The number of carbonyl (C=O) groups is 1. The van der Waals surface area contributed by atoms with Gasteiger partial charge in [0.1, 0.15) is 5.88 Å². The number of nitrogens with one attached hydrogen (secondary N) is 2. The minimum Gasteiger partial charge on any atom is -0.352 e. The summed E-state index contributed by atoms with van der Waals surface area (Å²) in [5, 5.41) is 8.67. The number of hydrogen-bond donors (Lipinski definition) is 2. The molecule has 1 aliphatic carbocycles. The molecule has 0 fully saturated rings. The molecule has 1 heterocycles. The highest BCUT2D eigenvalue weighted by Crippen LogP contribution is 2.42. The van der Waals surface area contributed by atoms with Crippen molar-refractivity contribution >= 4 is 17.5 Å². The van der Waals surface area contributed by atoms with Crippen LogP contribution in [0.5, 0.6) is 0 Å². The van der Waals surface area contributed by atoms with Crippen molar-refractivity contribution in [2.75, 3.05) is 5.88 Å². The van der Waals surface area contributed by atoms with Gasteiger partial charge in [-0.3, -0.25) is 9.89 Å². The Labute approximate surface area is 106 Å². The van der Waals surface area contributed by atoms with Gasteiger partial charge in [0, 0.05) is 23.7 Å². The third-order valence-electron chi connectivity index (χ3n) is 2.98. The predicted octanol–water partition coefficient (Wildman–Crippen LogP) is 1.73. The summed E-state index contributed by atoms with van der Waals surface area (Å²) in [7, 11) is 0. The van der Waals surface area contributed by atoms with Gasteiger partial charge in [-0.15, -0.1) is 11.6 Å². The largest absolute Gasteiger partial charge is 0.395 e. The smallest absolute Gasteiger partial charge is 0.352 e. The standard InChI is InChI=1S/C10H11ClF3N3O/c11-3-9(18)16-5-1-7(10(12,13)14)6-4-15-17-8(6)2-5/h4-5,7H,1-3H2,(H,15,17)(H,16,18). The van der Waals surface area contributed by atoms with Gasteiger partial charge in [-0.25, -0.2) is 0 Å². The Morgan fingerprint density at radius 1 is 1.61 bits per heavy atom. The van der Waals surface area contributed by atoms with Crippen molar-refractivity contribution in [3.8, 4) is 0 Å². The fourth-order valence-corrected chi connectivity index (χ4v) is 2.29. The highest BCUT2D eigenvalue weighted by Gasteiger charge is 2.46. The molecule has 0 saturated heterocycles. The van der Waals surface area contributed by atoms with E-state index in [-0.39, 0.29) is 17.9 Å². The topological polar surface area (TPSA) is 57.8 Å². The van der Waals surface area contributed by atoms with E-state index in [9.17, 15) is 18.0 Å². The molecule has 0 aliphatic heterocycles. The molecule has 4 nitrogen and oxygen atoms in total. The molecule has 1 aliphatic rings. The van der Waals surface area contributed by atoms with E-state index < -0.39 is 24.0 Å². The molecule has 1 aromatic rings. The number of alkyl halides is 4. The van der Waals surface area contributed by atoms with Crippen LogP contribution in [0.15, 0.2) is 6.20 Å². The summed E-state index contributed by atoms with van der Waals surface area (Å²) in [4.78, 5) is 11.1. The van der Waals surface area contributed by atoms with Crippen LogP contribution in [0, 0.1) is 0 Å². The van der Waals surface area contributed by atoms with E-state index in [4.69, 9.17) is 11.6 Å². The zero-order chi connectivity index (χ0) is 13.3. The van der Waals surface area contributed by atoms with Gasteiger partial charge in [0.2, 0.25) is 5.91 Å². The second-order valence-electron chi connectivity index (χ2n) is 4.24. The molecular formula is C10H11ClF3N3O. The average molecular weight is 282 g/mol. The van der Waals surface area contributed by atoms with E-state index in [2.05, 4.69) is 15.5 Å². The number of aromatic nitrogens is 2. The lowest BCUT2D eigenvalue weighted by molar-refractivity contribution is -0.155. The van der Waals surface area contributed by atoms with Crippen LogP contribution in [0.3, 0.4) is 0 Å². The van der Waals surface area contributed by atoms with Crippen LogP contribution < -0.4 is 5.32 Å². The number of nitrogens with zero attached hydrogens (tertiary/aromatic N) is 1. The molecule has 2 N–H and O–H groups in total. The van der Waals surface area contributed by atoms with E-state index in [1.165, 1.54) is 6.20 Å². The lowest BCUT2D eigenvalue weighted by atomic mass is 9.83. The maximum absolute atomic E-state index is 12.9. The lowest BCUT2D eigenvalue weighted by Crippen LogP contribution is -2.43. The zero-order valence-corrected chi connectivity index (χ0v) is 9.98. The Balaban J connectivity index is 2.20. The number of fused-ring (bicyclic) bond motifs is 1. The van der Waals surface area contributed by atoms with E-state index in [0.29, 0.717) is 12.1 Å². The van der Waals surface area contributed by atoms with Crippen LogP contribution >= 0.6 is 11.6 Å². The van der Waals surface area contributed by atoms with Gasteiger partial charge in [-0.1, -0.05) is 0 Å². The molecule has 0 saturated carbocycles. The first kappa shape index (κ1) is 13.2. The first-order valence-corrected chi connectivity index (χ1v) is 5.89. The SMILES string of the molecule is O=C(CCl)NC1Cc2[nH]ncc2C(C(F)(F)F)C1. The Morgan fingerprint density at radius 2 is 2.33 bits per heavy atom. The minimum absolute atomic E-state index is 0.166. The van der Waals surface area contributed by atoms with Crippen LogP contribution in [0.2, 0.25) is 0 Å². The molecule has 0 radical (unpaired) electrons. The second kappa shape index (κ2) is 4.79. The summed E-state index contributed by atoms with van der Waals surface area (Å²) in [6.07, 6.45) is -3.01. The highest BCUT2D eigenvalue weighted by molar-refractivity contribution is 6.27. The molecule has 18 heavy (non-hydrogen) atoms. The summed E-state index contributed by atoms with van der Waals surface area (Å²) in [6.45, 7) is 0. The van der Waals surface area contributed by atoms with Crippen LogP contribution in [0.4, 0.5) is 13.2 Å². The zero-order valence-electron chi connectivity index (χ0n) is 9.22. The average Bonchev–Trinajstić information content (AvgIpc) is 2.74. The number of hydrogen-bond acceptors (Lipinski definition) is 2. The molecular weight excluding hydrogens is 271 g/mol. The molecule has 0 bridgehead atoms. The van der Waals surface area contributed by atoms with Crippen molar-refractivity contribution in [2.45, 2.75) is 31.0 Å². The summed E-state index contributed by atoms with van der Waals surface area (Å²) < 4.78 is 38.7. The Hall–Kier alpha value is -1.24. The number of aromatic amines is 1. The van der Waals surface area contributed by atoms with Gasteiger partial charge in [0.25, 0.3) is 0 Å². The summed E-state index contributed by atoms with van der Waals surface area (Å²) in [6, 6.07) is -0.573. The quantitative estimate of drug-likeness (QED) is 0.811. The first-order chi connectivity index (χ1) is 8.41. The van der Waals surface area contributed by atoms with Crippen molar-refractivity contribution in [2.24, 2.45) is 0 Å². The molecule has 8 heteroatoms. The van der Waals surface area contributed by atoms with E-state index in [0.717, 1.165) is 0 Å². The van der Waals surface area contributed by atoms with Crippen molar-refractivity contribution < 1.29 is 18.0 Å². The summed E-state index contributed by atoms with van der Waals surface area (Å²) >= 11 is 5.32. The maximum atomic E-state index is 12.9. The fraction of sp³-hybridized carbons (Fsp3) is 0.600. The second-order valence-corrected chi connectivity index (χ2v) is 4.50. The lowest BCUT2D eigenvalue weighted by Gasteiger charge is -2.30. The summed E-state index contributed by atoms with van der Waals surface area (Å²) in [5.74, 6) is -2.32. The fourth-order valence-electron chi connectivity index (χ4n) is 2.21. The van der Waals surface area contributed by atoms with Crippen LogP contribution in [0.1, 0.15) is 23.6 Å².